The number of sulfone groups is 1. The summed E-state index contributed by atoms with van der Waals surface area (Å²) in [5, 5.41) is 0. The van der Waals surface area contributed by atoms with Crippen molar-refractivity contribution in [1.29, 1.82) is 0 Å². The van der Waals surface area contributed by atoms with E-state index < -0.39 is 15.7 Å². The molecule has 0 atom stereocenters. The number of aryl methyl sites for hydroxylation is 1. The van der Waals surface area contributed by atoms with E-state index >= 15 is 0 Å². The Morgan fingerprint density at radius 1 is 1.06 bits per heavy atom. The van der Waals surface area contributed by atoms with Crippen molar-refractivity contribution >= 4 is 15.8 Å². The van der Waals surface area contributed by atoms with Gasteiger partial charge in [-0.25, -0.2) is 22.8 Å². The van der Waals surface area contributed by atoms with E-state index in [1.165, 1.54) is 6.07 Å². The monoisotopic (exact) mass is 475 g/mol. The van der Waals surface area contributed by atoms with Crippen LogP contribution in [0.1, 0.15) is 62.5 Å². The maximum absolute atomic E-state index is 14.5. The molecule has 2 aliphatic rings. The maximum atomic E-state index is 14.5. The molecule has 1 aromatic carbocycles. The highest BCUT2D eigenvalue weighted by atomic mass is 32.2. The number of piperidine rings is 1. The maximum Gasteiger partial charge on any atom is 0.225 e. The van der Waals surface area contributed by atoms with Gasteiger partial charge in [-0.2, -0.15) is 0 Å². The van der Waals surface area contributed by atoms with Gasteiger partial charge in [-0.05, 0) is 80.0 Å². The average molecular weight is 476 g/mol. The van der Waals surface area contributed by atoms with E-state index in [4.69, 9.17) is 4.74 Å². The summed E-state index contributed by atoms with van der Waals surface area (Å²) in [7, 11) is -3.39. The molecule has 8 heteroatoms. The lowest BCUT2D eigenvalue weighted by molar-refractivity contribution is 0.000397. The summed E-state index contributed by atoms with van der Waals surface area (Å²) in [5.41, 5.74) is 1.79. The van der Waals surface area contributed by atoms with E-state index in [9.17, 15) is 12.8 Å². The predicted molar refractivity (Wildman–Crippen MR) is 127 cm³/mol. The van der Waals surface area contributed by atoms with Gasteiger partial charge in [0.1, 0.15) is 5.82 Å². The molecule has 0 N–H and O–H groups in total. The van der Waals surface area contributed by atoms with E-state index in [1.54, 1.807) is 6.07 Å². The summed E-state index contributed by atoms with van der Waals surface area (Å²) in [6, 6.07) is 4.32. The zero-order valence-electron chi connectivity index (χ0n) is 19.5. The fourth-order valence-corrected chi connectivity index (χ4v) is 5.51. The lowest BCUT2D eigenvalue weighted by Gasteiger charge is -2.34. The lowest BCUT2D eigenvalue weighted by Crippen LogP contribution is -2.36. The molecule has 1 aliphatic heterocycles. The Morgan fingerprint density at radius 2 is 1.73 bits per heavy atom. The molecule has 2 aromatic rings. The van der Waals surface area contributed by atoms with Crippen LogP contribution in [0.15, 0.2) is 35.5 Å². The van der Waals surface area contributed by atoms with Gasteiger partial charge in [0, 0.05) is 38.3 Å². The first-order valence-corrected chi connectivity index (χ1v) is 13.9. The number of hydrogen-bond donors (Lipinski definition) is 0. The number of hydrogen-bond acceptors (Lipinski definition) is 6. The second kappa shape index (κ2) is 10.5. The Hall–Kier alpha value is -2.06. The summed E-state index contributed by atoms with van der Waals surface area (Å²) in [6.45, 7) is 4.78. The third kappa shape index (κ3) is 6.09. The van der Waals surface area contributed by atoms with Gasteiger partial charge >= 0.3 is 0 Å². The lowest BCUT2D eigenvalue weighted by atomic mass is 9.82. The van der Waals surface area contributed by atoms with Gasteiger partial charge in [0.2, 0.25) is 5.95 Å². The van der Waals surface area contributed by atoms with Crippen LogP contribution in [0.5, 0.6) is 0 Å². The minimum Gasteiger partial charge on any atom is -0.378 e. The molecule has 180 valence electrons. The van der Waals surface area contributed by atoms with Gasteiger partial charge in [0.15, 0.2) is 9.84 Å². The van der Waals surface area contributed by atoms with E-state index in [0.717, 1.165) is 88.5 Å². The summed E-state index contributed by atoms with van der Waals surface area (Å²) in [6.07, 6.45) is 11.8. The first-order valence-electron chi connectivity index (χ1n) is 12.0. The molecule has 1 aromatic heterocycles. The highest BCUT2D eigenvalue weighted by Crippen LogP contribution is 2.36. The summed E-state index contributed by atoms with van der Waals surface area (Å²) in [5.74, 6) is 1.08. The molecule has 0 spiro atoms. The fraction of sp³-hybridized carbons (Fsp3) is 0.600. The normalized spacial score (nSPS) is 22.5. The van der Waals surface area contributed by atoms with E-state index in [0.29, 0.717) is 11.5 Å². The van der Waals surface area contributed by atoms with Crippen LogP contribution in [0.3, 0.4) is 0 Å². The van der Waals surface area contributed by atoms with Gasteiger partial charge in [0.05, 0.1) is 11.0 Å². The van der Waals surface area contributed by atoms with Crippen molar-refractivity contribution in [3.63, 3.8) is 0 Å². The molecule has 2 fully saturated rings. The molecule has 6 nitrogen and oxygen atoms in total. The number of ether oxygens (including phenoxy) is 1. The Balaban J connectivity index is 1.20. The van der Waals surface area contributed by atoms with Gasteiger partial charge < -0.3 is 9.64 Å². The largest absolute Gasteiger partial charge is 0.378 e. The quantitative estimate of drug-likeness (QED) is 0.585. The molecule has 1 aliphatic carbocycles. The molecule has 0 unspecified atom stereocenters. The van der Waals surface area contributed by atoms with Crippen molar-refractivity contribution in [2.24, 2.45) is 5.92 Å². The molecular weight excluding hydrogens is 441 g/mol. The van der Waals surface area contributed by atoms with Crippen molar-refractivity contribution in [3.05, 3.63) is 47.5 Å². The molecule has 0 amide bonds. The molecule has 33 heavy (non-hydrogen) atoms. The van der Waals surface area contributed by atoms with E-state index in [1.807, 2.05) is 12.4 Å². The molecule has 4 rings (SSSR count). The van der Waals surface area contributed by atoms with Gasteiger partial charge in [-0.1, -0.05) is 13.0 Å². The van der Waals surface area contributed by atoms with Gasteiger partial charge in [0.25, 0.3) is 0 Å². The molecule has 0 bridgehead atoms. The molecule has 2 heterocycles. The van der Waals surface area contributed by atoms with Crippen LogP contribution in [0.25, 0.3) is 0 Å². The fourth-order valence-electron chi connectivity index (χ4n) is 4.88. The number of aromatic nitrogens is 2. The minimum atomic E-state index is -3.39. The van der Waals surface area contributed by atoms with E-state index in [-0.39, 0.29) is 16.9 Å². The average Bonchev–Trinajstić information content (AvgIpc) is 2.83. The number of nitrogens with zero attached hydrogens (tertiary/aromatic N) is 3. The number of rotatable bonds is 7. The van der Waals surface area contributed by atoms with Gasteiger partial charge in [-0.15, -0.1) is 0 Å². The first kappa shape index (κ1) is 24.1. The van der Waals surface area contributed by atoms with E-state index in [2.05, 4.69) is 21.8 Å². The van der Waals surface area contributed by atoms with Crippen LogP contribution in [-0.4, -0.2) is 50.4 Å². The zero-order valence-corrected chi connectivity index (χ0v) is 20.4. The second-order valence-electron chi connectivity index (χ2n) is 9.44. The molecule has 0 radical (unpaired) electrons. The Bertz CT molecular complexity index is 1030. The van der Waals surface area contributed by atoms with Crippen molar-refractivity contribution in [2.75, 3.05) is 30.9 Å². The van der Waals surface area contributed by atoms with Crippen LogP contribution in [-0.2, 0) is 21.0 Å². The van der Waals surface area contributed by atoms with Crippen molar-refractivity contribution in [3.8, 4) is 0 Å². The molecule has 1 saturated carbocycles. The Morgan fingerprint density at radius 3 is 2.30 bits per heavy atom. The SMILES string of the molecule is CCc1cnc(N2CCC(COC3CCC(c4ccc(S(C)(=O)=O)cc4F)CC3)CC2)nc1. The topological polar surface area (TPSA) is 72.4 Å². The summed E-state index contributed by atoms with van der Waals surface area (Å²) < 4.78 is 44.1. The van der Waals surface area contributed by atoms with Crippen LogP contribution in [0, 0.1) is 11.7 Å². The smallest absolute Gasteiger partial charge is 0.225 e. The summed E-state index contributed by atoms with van der Waals surface area (Å²) >= 11 is 0. The van der Waals surface area contributed by atoms with Crippen LogP contribution in [0.4, 0.5) is 10.3 Å². The Labute approximate surface area is 196 Å². The molecular formula is C25H34FN3O3S. The number of benzene rings is 1. The van der Waals surface area contributed by atoms with Gasteiger partial charge in [-0.3, -0.25) is 0 Å². The van der Waals surface area contributed by atoms with Crippen molar-refractivity contribution in [1.82, 2.24) is 9.97 Å². The zero-order chi connectivity index (χ0) is 23.4. The highest BCUT2D eigenvalue weighted by Gasteiger charge is 2.27. The number of anilines is 1. The second-order valence-corrected chi connectivity index (χ2v) is 11.5. The third-order valence-corrected chi connectivity index (χ3v) is 8.19. The number of halogens is 1. The minimum absolute atomic E-state index is 0.0383. The third-order valence-electron chi connectivity index (χ3n) is 7.08. The summed E-state index contributed by atoms with van der Waals surface area (Å²) in [4.78, 5) is 11.3. The van der Waals surface area contributed by atoms with Crippen LogP contribution < -0.4 is 4.90 Å². The first-order chi connectivity index (χ1) is 15.8. The standard InChI is InChI=1S/C25H34FN3O3S/c1-3-18-15-27-25(28-16-18)29-12-10-19(11-13-29)17-32-21-6-4-20(5-7-21)23-9-8-22(14-24(23)26)33(2,30)31/h8-9,14-16,19-21H,3-7,10-13,17H2,1-2H3. The van der Waals surface area contributed by atoms with Crippen molar-refractivity contribution < 1.29 is 17.5 Å². The Kier molecular flexibility index (Phi) is 7.64. The molecule has 1 saturated heterocycles. The predicted octanol–water partition coefficient (Wildman–Crippen LogP) is 4.54. The van der Waals surface area contributed by atoms with Crippen LogP contribution >= 0.6 is 0 Å². The van der Waals surface area contributed by atoms with Crippen LogP contribution in [0.2, 0.25) is 0 Å². The highest BCUT2D eigenvalue weighted by molar-refractivity contribution is 7.90. The van der Waals surface area contributed by atoms with Crippen molar-refractivity contribution in [2.45, 2.75) is 68.8 Å².